The first kappa shape index (κ1) is 59.0. The van der Waals surface area contributed by atoms with E-state index in [-0.39, 0.29) is 72.2 Å². The van der Waals surface area contributed by atoms with Gasteiger partial charge in [0.05, 0.1) is 58.9 Å². The highest BCUT2D eigenvalue weighted by molar-refractivity contribution is 7.19. The van der Waals surface area contributed by atoms with Crippen LogP contribution in [0.2, 0.25) is 5.02 Å². The van der Waals surface area contributed by atoms with Gasteiger partial charge in [0.2, 0.25) is 17.6 Å². The Kier molecular flexibility index (Phi) is 16.7. The normalized spacial score (nSPS) is 19.3. The second kappa shape index (κ2) is 25.2. The first-order chi connectivity index (χ1) is 43.1. The number of aromatic amines is 1. The number of fused-ring (bicyclic) bond motifs is 3. The molecule has 3 aromatic carbocycles. The Bertz CT molecular complexity index is 4110. The summed E-state index contributed by atoms with van der Waals surface area (Å²) in [5.74, 6) is -0.464. The molecule has 24 heteroatoms. The number of benzene rings is 3. The number of anilines is 1. The van der Waals surface area contributed by atoms with E-state index in [1.807, 2.05) is 70.5 Å². The summed E-state index contributed by atoms with van der Waals surface area (Å²) in [5.41, 5.74) is 11.2. The van der Waals surface area contributed by atoms with Gasteiger partial charge in [0.15, 0.2) is 5.69 Å². The first-order valence-corrected chi connectivity index (χ1v) is 31.3. The zero-order valence-electron chi connectivity index (χ0n) is 49.8. The summed E-state index contributed by atoms with van der Waals surface area (Å²) in [5, 5.41) is 31.1. The van der Waals surface area contributed by atoms with Crippen molar-refractivity contribution in [3.05, 3.63) is 182 Å². The molecule has 9 heterocycles. The second-order valence-corrected chi connectivity index (χ2v) is 25.4. The van der Waals surface area contributed by atoms with Gasteiger partial charge < -0.3 is 20.3 Å². The summed E-state index contributed by atoms with van der Waals surface area (Å²) in [4.78, 5) is 82.8. The molecule has 3 aliphatic heterocycles. The number of hydrogen-bond acceptors (Lipinski definition) is 16. The molecular weight excluding hydrogens is 1170 g/mol. The van der Waals surface area contributed by atoms with Crippen LogP contribution in [0.5, 0.6) is 5.75 Å². The topological polar surface area (TPSA) is 247 Å². The Hall–Kier alpha value is -9.03. The third-order valence-corrected chi connectivity index (χ3v) is 18.6. The highest BCUT2D eigenvalue weighted by Gasteiger charge is 2.58. The zero-order chi connectivity index (χ0) is 61.4. The van der Waals surface area contributed by atoms with E-state index in [9.17, 15) is 24.0 Å². The third-order valence-electron chi connectivity index (χ3n) is 17.3. The van der Waals surface area contributed by atoms with E-state index in [0.29, 0.717) is 66.9 Å². The monoisotopic (exact) mass is 1230 g/mol. The largest absolute Gasteiger partial charge is 0.489 e. The number of piperidine rings is 1. The standard InChI is InChI=1S/C65H67ClN16O6S/c1-38-22-45(66)24-49(48-18-20-67-54-25-47(89-59(48)54)35-82-63(85)50-26-51(50)64(82)86)52(38)36-81-39(2)29-78(30-40(81)3)31-44-28-69-79(33-44)21-7-19-68-61(83)53-17-16-46(73-74-53)34-80-32-43(27-70-80)15-12-41-10-13-42(14-11-41)23-58-72-60(76-75-58)62(84)71-55-37-88-57-9-6-5-8-56(57)77(4)65(55)87/h5-6,8-11,13-14,16-18,20,22,24-25,27-28,32-33,39-40,50-51,55H,7,12,15,19,21,23,26,29-31,34-37H2,1-4H3,(H,68,83)(H,71,84)(H,72,75,76)/t39-,40-,50?,51?,55+/m0/s1. The van der Waals surface area contributed by atoms with Gasteiger partial charge in [-0.05, 0) is 128 Å². The lowest BCUT2D eigenvalue weighted by Crippen LogP contribution is -2.55. The summed E-state index contributed by atoms with van der Waals surface area (Å²) in [6.07, 6.45) is 13.1. The fraction of sp³-hybridized carbons (Fsp3) is 0.354. The number of carbonyl (C=O) groups excluding carboxylic acids is 5. The van der Waals surface area contributed by atoms with Crippen molar-refractivity contribution in [2.45, 2.75) is 104 Å². The number of likely N-dealkylation sites (tertiary alicyclic amines) is 1. The Morgan fingerprint density at radius 3 is 2.34 bits per heavy atom. The lowest BCUT2D eigenvalue weighted by Gasteiger charge is -2.45. The number of pyridine rings is 1. The van der Waals surface area contributed by atoms with E-state index in [2.05, 4.69) is 107 Å². The molecule has 456 valence electrons. The van der Waals surface area contributed by atoms with Crippen molar-refractivity contribution >= 4 is 68.4 Å². The molecule has 1 aliphatic carbocycles. The van der Waals surface area contributed by atoms with Crippen LogP contribution in [-0.2, 0) is 66.4 Å². The predicted molar refractivity (Wildman–Crippen MR) is 334 cm³/mol. The molecule has 5 amide bonds. The quantitative estimate of drug-likeness (QED) is 0.0475. The molecule has 1 saturated carbocycles. The number of imide groups is 1. The minimum Gasteiger partial charge on any atom is -0.489 e. The van der Waals surface area contributed by atoms with Crippen LogP contribution in [0.3, 0.4) is 0 Å². The maximum Gasteiger partial charge on any atom is 0.291 e. The molecule has 2 saturated heterocycles. The van der Waals surface area contributed by atoms with Crippen LogP contribution in [0.15, 0.2) is 116 Å². The molecule has 0 spiro atoms. The molecule has 3 N–H and O–H groups in total. The molecule has 2 unspecified atom stereocenters. The first-order valence-electron chi connectivity index (χ1n) is 30.1. The molecule has 5 atom stereocenters. The number of piperazine rings is 1. The smallest absolute Gasteiger partial charge is 0.291 e. The van der Waals surface area contributed by atoms with Crippen LogP contribution in [0.1, 0.15) is 97.6 Å². The number of hydrogen-bond donors (Lipinski definition) is 3. The van der Waals surface area contributed by atoms with Crippen LogP contribution in [0, 0.1) is 18.8 Å². The van der Waals surface area contributed by atoms with E-state index in [1.54, 1.807) is 42.6 Å². The van der Waals surface area contributed by atoms with Crippen molar-refractivity contribution in [1.29, 1.82) is 0 Å². The molecule has 13 rings (SSSR count). The lowest BCUT2D eigenvalue weighted by molar-refractivity contribution is -0.142. The number of nitrogens with one attached hydrogen (secondary N) is 3. The van der Waals surface area contributed by atoms with E-state index < -0.39 is 11.9 Å². The zero-order valence-corrected chi connectivity index (χ0v) is 51.4. The fourth-order valence-corrected chi connectivity index (χ4v) is 13.9. The van der Waals surface area contributed by atoms with Crippen molar-refractivity contribution in [2.75, 3.05) is 38.2 Å². The number of carbonyl (C=O) groups is 5. The number of para-hydroxylation sites is 2. The number of likely N-dealkylation sites (N-methyl/N-ethyl adjacent to an activating group) is 1. The number of rotatable bonds is 21. The SMILES string of the molecule is Cc1cc(Cl)cc(-c2ccnc3cc(CN4C(=O)C5CC5C4=O)sc23)c1CN1[C@@H](C)CN(Cc2cnn(CCCNC(=O)c3ccc(Cn4cc(CCc5ccc(Cc6nc(C(=O)N[C@@H]7COc8ccccc8N(C)C7=O)n[nH]6)cc5)cn4)nn3)c2)C[C@@H]1C. The van der Waals surface area contributed by atoms with Gasteiger partial charge >= 0.3 is 0 Å². The predicted octanol–water partition coefficient (Wildman–Crippen LogP) is 7.22. The van der Waals surface area contributed by atoms with Gasteiger partial charge in [0.25, 0.3) is 17.7 Å². The van der Waals surface area contributed by atoms with Crippen LogP contribution >= 0.6 is 22.9 Å². The van der Waals surface area contributed by atoms with Gasteiger partial charge in [0.1, 0.15) is 24.2 Å². The van der Waals surface area contributed by atoms with Crippen LogP contribution in [-0.4, -0.2) is 146 Å². The van der Waals surface area contributed by atoms with Crippen LogP contribution in [0.25, 0.3) is 21.3 Å². The van der Waals surface area contributed by atoms with Gasteiger partial charge in [-0.15, -0.1) is 21.5 Å². The van der Waals surface area contributed by atoms with Crippen molar-refractivity contribution < 1.29 is 28.7 Å². The maximum atomic E-state index is 13.1. The average molecular weight is 1240 g/mol. The van der Waals surface area contributed by atoms with Gasteiger partial charge in [0, 0.05) is 104 Å². The Morgan fingerprint density at radius 1 is 0.787 bits per heavy atom. The van der Waals surface area contributed by atoms with Crippen LogP contribution < -0.4 is 20.3 Å². The Balaban J connectivity index is 0.525. The van der Waals surface area contributed by atoms with Crippen LogP contribution in [0.4, 0.5) is 5.69 Å². The molecule has 22 nitrogen and oxygen atoms in total. The summed E-state index contributed by atoms with van der Waals surface area (Å²) in [7, 11) is 1.65. The van der Waals surface area contributed by atoms with Crippen molar-refractivity contribution in [1.82, 2.24) is 75.3 Å². The number of nitrogens with zero attached hydrogens (tertiary/aromatic N) is 13. The molecule has 9 aromatic rings. The van der Waals surface area contributed by atoms with E-state index in [4.69, 9.17) is 21.3 Å². The molecule has 0 radical (unpaired) electrons. The number of amides is 5. The minimum atomic E-state index is -0.900. The van der Waals surface area contributed by atoms with E-state index in [0.717, 1.165) is 93.1 Å². The average Bonchev–Trinajstić information content (AvgIpc) is 1.67. The highest BCUT2D eigenvalue weighted by Crippen LogP contribution is 2.48. The summed E-state index contributed by atoms with van der Waals surface area (Å²) >= 11 is 8.37. The maximum absolute atomic E-state index is 13.1. The molecule has 0 bridgehead atoms. The molecule has 3 fully saturated rings. The number of aryl methyl sites for hydroxylation is 4. The van der Waals surface area contributed by atoms with Gasteiger partial charge in [-0.3, -0.25) is 58.1 Å². The molecule has 6 aromatic heterocycles. The van der Waals surface area contributed by atoms with Crippen molar-refractivity contribution in [2.24, 2.45) is 11.8 Å². The fourth-order valence-electron chi connectivity index (χ4n) is 12.5. The second-order valence-electron chi connectivity index (χ2n) is 23.8. The Morgan fingerprint density at radius 2 is 1.54 bits per heavy atom. The van der Waals surface area contributed by atoms with Gasteiger partial charge in [-0.1, -0.05) is 48.0 Å². The lowest BCUT2D eigenvalue weighted by atomic mass is 9.94. The Labute approximate surface area is 522 Å². The summed E-state index contributed by atoms with van der Waals surface area (Å²) in [6.45, 7) is 11.8. The number of halogens is 1. The van der Waals surface area contributed by atoms with Gasteiger partial charge in [-0.25, -0.2) is 4.98 Å². The summed E-state index contributed by atoms with van der Waals surface area (Å²) in [6, 6.07) is 26.7. The highest BCUT2D eigenvalue weighted by atomic mass is 35.5. The van der Waals surface area contributed by atoms with Crippen molar-refractivity contribution in [3.8, 4) is 16.9 Å². The minimum absolute atomic E-state index is 0.0122. The molecule has 89 heavy (non-hydrogen) atoms. The van der Waals surface area contributed by atoms with E-state index in [1.165, 1.54) is 15.4 Å². The van der Waals surface area contributed by atoms with E-state index >= 15 is 0 Å². The number of H-pyrrole nitrogens is 1. The summed E-state index contributed by atoms with van der Waals surface area (Å²) < 4.78 is 10.6. The number of thiophene rings is 1. The molecular formula is C65H67ClN16O6S. The number of ether oxygens (including phenoxy) is 1. The molecule has 4 aliphatic rings. The number of aromatic nitrogens is 10. The van der Waals surface area contributed by atoms with Crippen molar-refractivity contribution in [3.63, 3.8) is 0 Å². The third kappa shape index (κ3) is 13.0. The van der Waals surface area contributed by atoms with Gasteiger partial charge in [-0.2, -0.15) is 15.3 Å².